The van der Waals surface area contributed by atoms with Gasteiger partial charge in [-0.05, 0) is 43.1 Å². The van der Waals surface area contributed by atoms with Gasteiger partial charge in [-0.15, -0.1) is 0 Å². The van der Waals surface area contributed by atoms with Crippen LogP contribution in [0.2, 0.25) is 0 Å². The standard InChI is InChI=1S/C15H22N2O2S/c1-11-5-4-8-17(10-11)15(20)16-13-7-6-12(18-2)9-14(13)19-3/h6-7,9,11H,4-5,8,10H2,1-3H3,(H,16,20)/t11-/m1/s1. The molecular weight excluding hydrogens is 272 g/mol. The zero-order valence-electron chi connectivity index (χ0n) is 12.3. The van der Waals surface area contributed by atoms with E-state index >= 15 is 0 Å². The quantitative estimate of drug-likeness (QED) is 0.866. The van der Waals surface area contributed by atoms with Crippen molar-refractivity contribution in [3.63, 3.8) is 0 Å². The maximum atomic E-state index is 5.51. The van der Waals surface area contributed by atoms with Gasteiger partial charge in [0.05, 0.1) is 19.9 Å². The molecule has 1 fully saturated rings. The van der Waals surface area contributed by atoms with Crippen LogP contribution < -0.4 is 14.8 Å². The normalized spacial score (nSPS) is 18.6. The summed E-state index contributed by atoms with van der Waals surface area (Å²) in [5.74, 6) is 2.20. The van der Waals surface area contributed by atoms with Gasteiger partial charge in [-0.3, -0.25) is 0 Å². The number of benzene rings is 1. The molecule has 5 heteroatoms. The molecule has 1 aromatic rings. The zero-order chi connectivity index (χ0) is 14.5. The number of hydrogen-bond acceptors (Lipinski definition) is 3. The summed E-state index contributed by atoms with van der Waals surface area (Å²) >= 11 is 5.51. The molecule has 0 aromatic heterocycles. The molecule has 110 valence electrons. The number of anilines is 1. The second-order valence-corrected chi connectivity index (χ2v) is 5.58. The zero-order valence-corrected chi connectivity index (χ0v) is 13.1. The first-order valence-corrected chi connectivity index (χ1v) is 7.33. The lowest BCUT2D eigenvalue weighted by molar-refractivity contribution is 0.276. The maximum absolute atomic E-state index is 5.51. The Morgan fingerprint density at radius 1 is 1.35 bits per heavy atom. The molecule has 1 aliphatic rings. The molecule has 0 amide bonds. The topological polar surface area (TPSA) is 33.7 Å². The largest absolute Gasteiger partial charge is 0.497 e. The van der Waals surface area contributed by atoms with Gasteiger partial charge in [0.25, 0.3) is 0 Å². The first-order valence-electron chi connectivity index (χ1n) is 6.92. The number of piperidine rings is 1. The summed E-state index contributed by atoms with van der Waals surface area (Å²) in [6.45, 7) is 4.31. The number of rotatable bonds is 3. The van der Waals surface area contributed by atoms with Crippen molar-refractivity contribution in [2.45, 2.75) is 19.8 Å². The van der Waals surface area contributed by atoms with E-state index in [4.69, 9.17) is 21.7 Å². The molecule has 1 aromatic carbocycles. The van der Waals surface area contributed by atoms with Crippen LogP contribution in [0.1, 0.15) is 19.8 Å². The van der Waals surface area contributed by atoms with Crippen molar-refractivity contribution in [2.24, 2.45) is 5.92 Å². The van der Waals surface area contributed by atoms with Crippen LogP contribution in [0, 0.1) is 5.92 Å². The fraction of sp³-hybridized carbons (Fsp3) is 0.533. The van der Waals surface area contributed by atoms with E-state index in [0.717, 1.165) is 35.4 Å². The Balaban J connectivity index is 2.07. The third-order valence-electron chi connectivity index (χ3n) is 3.59. The van der Waals surface area contributed by atoms with E-state index in [1.807, 2.05) is 18.2 Å². The average Bonchev–Trinajstić information content (AvgIpc) is 2.47. The summed E-state index contributed by atoms with van der Waals surface area (Å²) in [6, 6.07) is 5.67. The molecule has 0 spiro atoms. The minimum Gasteiger partial charge on any atom is -0.497 e. The summed E-state index contributed by atoms with van der Waals surface area (Å²) in [5.41, 5.74) is 0.872. The van der Waals surface area contributed by atoms with Crippen molar-refractivity contribution in [3.05, 3.63) is 18.2 Å². The summed E-state index contributed by atoms with van der Waals surface area (Å²) < 4.78 is 10.6. The van der Waals surface area contributed by atoms with Gasteiger partial charge >= 0.3 is 0 Å². The average molecular weight is 294 g/mol. The van der Waals surface area contributed by atoms with Crippen LogP contribution in [-0.4, -0.2) is 37.3 Å². The van der Waals surface area contributed by atoms with E-state index in [2.05, 4.69) is 17.1 Å². The number of nitrogens with one attached hydrogen (secondary N) is 1. The van der Waals surface area contributed by atoms with Crippen LogP contribution in [0.4, 0.5) is 5.69 Å². The molecule has 4 nitrogen and oxygen atoms in total. The SMILES string of the molecule is COc1ccc(NC(=S)N2CCC[C@@H](C)C2)c(OC)c1. The molecule has 1 N–H and O–H groups in total. The van der Waals surface area contributed by atoms with E-state index in [0.29, 0.717) is 5.92 Å². The Labute approximate surface area is 126 Å². The Morgan fingerprint density at radius 2 is 2.15 bits per heavy atom. The van der Waals surface area contributed by atoms with Gasteiger partial charge in [0.15, 0.2) is 5.11 Å². The van der Waals surface area contributed by atoms with Gasteiger partial charge in [0, 0.05) is 19.2 Å². The van der Waals surface area contributed by atoms with Crippen LogP contribution in [-0.2, 0) is 0 Å². The number of methoxy groups -OCH3 is 2. The minimum absolute atomic E-state index is 0.696. The number of ether oxygens (including phenoxy) is 2. The fourth-order valence-electron chi connectivity index (χ4n) is 2.47. The van der Waals surface area contributed by atoms with Crippen LogP contribution in [0.3, 0.4) is 0 Å². The van der Waals surface area contributed by atoms with Crippen molar-refractivity contribution in [2.75, 3.05) is 32.6 Å². The van der Waals surface area contributed by atoms with E-state index in [9.17, 15) is 0 Å². The van der Waals surface area contributed by atoms with Gasteiger partial charge in [-0.2, -0.15) is 0 Å². The highest BCUT2D eigenvalue weighted by atomic mass is 32.1. The van der Waals surface area contributed by atoms with Crippen molar-refractivity contribution in [1.82, 2.24) is 4.90 Å². The van der Waals surface area contributed by atoms with Crippen LogP contribution >= 0.6 is 12.2 Å². The summed E-state index contributed by atoms with van der Waals surface area (Å²) in [5, 5.41) is 4.04. The predicted octanol–water partition coefficient (Wildman–Crippen LogP) is 3.13. The van der Waals surface area contributed by atoms with Crippen molar-refractivity contribution >= 4 is 23.0 Å². The Kier molecular flexibility index (Phi) is 5.06. The van der Waals surface area contributed by atoms with E-state index in [1.165, 1.54) is 12.8 Å². The summed E-state index contributed by atoms with van der Waals surface area (Å²) in [7, 11) is 3.29. The van der Waals surface area contributed by atoms with Gasteiger partial charge in [-0.1, -0.05) is 6.92 Å². The van der Waals surface area contributed by atoms with Crippen molar-refractivity contribution in [1.29, 1.82) is 0 Å². The Hall–Kier alpha value is -1.49. The van der Waals surface area contributed by atoms with Crippen LogP contribution in [0.5, 0.6) is 11.5 Å². The smallest absolute Gasteiger partial charge is 0.173 e. The van der Waals surface area contributed by atoms with Gasteiger partial charge < -0.3 is 19.7 Å². The summed E-state index contributed by atoms with van der Waals surface area (Å²) in [6.07, 6.45) is 2.48. The lowest BCUT2D eigenvalue weighted by atomic mass is 10.0. The Morgan fingerprint density at radius 3 is 2.80 bits per heavy atom. The minimum atomic E-state index is 0.696. The van der Waals surface area contributed by atoms with Crippen molar-refractivity contribution in [3.8, 4) is 11.5 Å². The second-order valence-electron chi connectivity index (χ2n) is 5.19. The fourth-order valence-corrected chi connectivity index (χ4v) is 2.75. The van der Waals surface area contributed by atoms with E-state index in [-0.39, 0.29) is 0 Å². The number of likely N-dealkylation sites (tertiary alicyclic amines) is 1. The predicted molar refractivity (Wildman–Crippen MR) is 85.7 cm³/mol. The molecule has 0 saturated carbocycles. The number of hydrogen-bond donors (Lipinski definition) is 1. The molecule has 1 aliphatic heterocycles. The van der Waals surface area contributed by atoms with Crippen LogP contribution in [0.15, 0.2) is 18.2 Å². The van der Waals surface area contributed by atoms with Crippen LogP contribution in [0.25, 0.3) is 0 Å². The molecule has 0 radical (unpaired) electrons. The molecule has 2 rings (SSSR count). The lowest BCUT2D eigenvalue weighted by Crippen LogP contribution is -2.41. The third kappa shape index (κ3) is 3.54. The monoisotopic (exact) mass is 294 g/mol. The maximum Gasteiger partial charge on any atom is 0.173 e. The Bertz CT molecular complexity index is 479. The highest BCUT2D eigenvalue weighted by molar-refractivity contribution is 7.80. The molecule has 0 aliphatic carbocycles. The molecule has 20 heavy (non-hydrogen) atoms. The van der Waals surface area contributed by atoms with E-state index in [1.54, 1.807) is 14.2 Å². The second kappa shape index (κ2) is 6.79. The van der Waals surface area contributed by atoms with Gasteiger partial charge in [0.1, 0.15) is 11.5 Å². The molecule has 1 heterocycles. The molecular formula is C15H22N2O2S. The highest BCUT2D eigenvalue weighted by Crippen LogP contribution is 2.29. The third-order valence-corrected chi connectivity index (χ3v) is 3.95. The number of nitrogens with zero attached hydrogens (tertiary/aromatic N) is 1. The molecule has 0 unspecified atom stereocenters. The molecule has 1 saturated heterocycles. The van der Waals surface area contributed by atoms with Crippen molar-refractivity contribution < 1.29 is 9.47 Å². The molecule has 1 atom stereocenters. The first kappa shape index (κ1) is 14.9. The summed E-state index contributed by atoms with van der Waals surface area (Å²) in [4.78, 5) is 2.23. The number of thiocarbonyl (C=S) groups is 1. The first-order chi connectivity index (χ1) is 9.63. The van der Waals surface area contributed by atoms with Gasteiger partial charge in [-0.25, -0.2) is 0 Å². The highest BCUT2D eigenvalue weighted by Gasteiger charge is 2.19. The van der Waals surface area contributed by atoms with Gasteiger partial charge in [0.2, 0.25) is 0 Å². The lowest BCUT2D eigenvalue weighted by Gasteiger charge is -2.33. The molecule has 0 bridgehead atoms. The van der Waals surface area contributed by atoms with E-state index < -0.39 is 0 Å².